The first kappa shape index (κ1) is 34.8. The number of ether oxygens (including phenoxy) is 3. The van der Waals surface area contributed by atoms with E-state index < -0.39 is 31.6 Å². The van der Waals surface area contributed by atoms with Crippen LogP contribution >= 0.6 is 7.60 Å². The van der Waals surface area contributed by atoms with Crippen molar-refractivity contribution in [2.24, 2.45) is 5.92 Å². The maximum Gasteiger partial charge on any atom is 0.349 e. The van der Waals surface area contributed by atoms with Crippen LogP contribution in [0.4, 0.5) is 4.79 Å². The van der Waals surface area contributed by atoms with E-state index in [2.05, 4.69) is 5.32 Å². The normalized spacial score (nSPS) is 12.0. The largest absolute Gasteiger partial charge is 0.482 e. The third kappa shape index (κ3) is 12.6. The molecule has 0 aromatic heterocycles. The zero-order valence-electron chi connectivity index (χ0n) is 25.1. The molecule has 0 saturated carbocycles. The van der Waals surface area contributed by atoms with Crippen LogP contribution < -0.4 is 10.1 Å². The molecule has 0 bridgehead atoms. The van der Waals surface area contributed by atoms with Crippen LogP contribution in [0.15, 0.2) is 54.6 Å². The van der Waals surface area contributed by atoms with Crippen LogP contribution in [0.2, 0.25) is 0 Å². The lowest BCUT2D eigenvalue weighted by molar-refractivity contribution is -0.147. The van der Waals surface area contributed by atoms with Crippen LogP contribution in [-0.2, 0) is 45.7 Å². The molecule has 0 aliphatic carbocycles. The Morgan fingerprint density at radius 3 is 2.07 bits per heavy atom. The summed E-state index contributed by atoms with van der Waals surface area (Å²) >= 11 is 0. The minimum atomic E-state index is -3.59. The van der Waals surface area contributed by atoms with Crippen molar-refractivity contribution in [1.82, 2.24) is 10.2 Å². The minimum absolute atomic E-state index is 0.0340. The van der Waals surface area contributed by atoms with E-state index in [0.29, 0.717) is 11.3 Å². The van der Waals surface area contributed by atoms with Gasteiger partial charge in [-0.05, 0) is 49.9 Å². The molecule has 0 radical (unpaired) electrons. The first-order valence-electron chi connectivity index (χ1n) is 14.1. The monoisotopic (exact) mass is 606 g/mol. The van der Waals surface area contributed by atoms with Crippen molar-refractivity contribution in [3.63, 3.8) is 0 Å². The summed E-state index contributed by atoms with van der Waals surface area (Å²) in [7, 11) is -3.59. The molecule has 2 amide bonds. The molecule has 0 fully saturated rings. The van der Waals surface area contributed by atoms with Crippen molar-refractivity contribution in [2.45, 2.75) is 53.7 Å². The molecule has 42 heavy (non-hydrogen) atoms. The number of amides is 2. The van der Waals surface area contributed by atoms with Gasteiger partial charge in [-0.15, -0.1) is 0 Å². The summed E-state index contributed by atoms with van der Waals surface area (Å²) in [6, 6.07) is 14.3. The van der Waals surface area contributed by atoms with E-state index in [4.69, 9.17) is 23.3 Å². The van der Waals surface area contributed by atoms with Gasteiger partial charge in [-0.3, -0.25) is 4.57 Å². The Hall–Kier alpha value is -3.40. The van der Waals surface area contributed by atoms with Crippen LogP contribution in [-0.4, -0.2) is 68.2 Å². The van der Waals surface area contributed by atoms with Gasteiger partial charge in [0, 0.05) is 13.0 Å². The quantitative estimate of drug-likeness (QED) is 0.180. The number of hydrogen-bond acceptors (Lipinski definition) is 9. The molecule has 2 aromatic rings. The second-order valence-corrected chi connectivity index (χ2v) is 11.8. The van der Waals surface area contributed by atoms with E-state index in [1.807, 2.05) is 44.2 Å². The lowest BCUT2D eigenvalue weighted by Crippen LogP contribution is -2.50. The standard InChI is InChI=1S/C30H43N2O9P/c1-6-37-28(33)21-38-26-16-14-24(15-17-26)18-27(29(34)39-20-25-12-10-9-11-13-25)31-30(35)32(19-23(4)5)22-42(36,40-7-2)41-8-3/h9-17,23,27H,6-8,18-22H2,1-5H3,(H,31,35)/t27-/m0/s1. The van der Waals surface area contributed by atoms with E-state index in [-0.39, 0.29) is 58.2 Å². The van der Waals surface area contributed by atoms with E-state index in [0.717, 1.165) is 5.56 Å². The molecular weight excluding hydrogens is 563 g/mol. The molecule has 2 rings (SSSR count). The Kier molecular flexibility index (Phi) is 15.1. The molecule has 0 saturated heterocycles. The smallest absolute Gasteiger partial charge is 0.349 e. The maximum atomic E-state index is 13.5. The average molecular weight is 607 g/mol. The number of carbonyl (C=O) groups is 3. The Morgan fingerprint density at radius 1 is 0.857 bits per heavy atom. The molecule has 11 nitrogen and oxygen atoms in total. The highest BCUT2D eigenvalue weighted by atomic mass is 31.2. The SMILES string of the molecule is CCOC(=O)COc1ccc(C[C@H](NC(=O)N(CC(C)C)CP(=O)(OCC)OCC)C(=O)OCc2ccccc2)cc1. The fraction of sp³-hybridized carbons (Fsp3) is 0.500. The summed E-state index contributed by atoms with van der Waals surface area (Å²) in [6.07, 6.45) is -0.154. The van der Waals surface area contributed by atoms with E-state index in [1.165, 1.54) is 4.90 Å². The topological polar surface area (TPSA) is 130 Å². The van der Waals surface area contributed by atoms with E-state index in [1.54, 1.807) is 45.0 Å². The summed E-state index contributed by atoms with van der Waals surface area (Å²) in [5.74, 6) is -0.616. The number of carbonyl (C=O) groups excluding carboxylic acids is 3. The number of benzene rings is 2. The molecular formula is C30H43N2O9P. The lowest BCUT2D eigenvalue weighted by atomic mass is 10.1. The number of hydrogen-bond donors (Lipinski definition) is 1. The first-order valence-corrected chi connectivity index (χ1v) is 15.8. The molecule has 0 heterocycles. The Balaban J connectivity index is 2.22. The third-order valence-corrected chi connectivity index (χ3v) is 7.69. The van der Waals surface area contributed by atoms with Crippen LogP contribution in [0.5, 0.6) is 5.75 Å². The summed E-state index contributed by atoms with van der Waals surface area (Å²) in [4.78, 5) is 39.7. The van der Waals surface area contributed by atoms with Crippen LogP contribution in [0, 0.1) is 5.92 Å². The van der Waals surface area contributed by atoms with Gasteiger partial charge in [-0.1, -0.05) is 56.3 Å². The van der Waals surface area contributed by atoms with Gasteiger partial charge < -0.3 is 33.5 Å². The highest BCUT2D eigenvalue weighted by Crippen LogP contribution is 2.48. The predicted molar refractivity (Wildman–Crippen MR) is 158 cm³/mol. The van der Waals surface area contributed by atoms with Gasteiger partial charge in [0.15, 0.2) is 6.61 Å². The summed E-state index contributed by atoms with van der Waals surface area (Å²) in [5.41, 5.74) is 1.51. The molecule has 0 aliphatic rings. The van der Waals surface area contributed by atoms with Gasteiger partial charge in [-0.2, -0.15) is 0 Å². The number of rotatable bonds is 18. The zero-order valence-corrected chi connectivity index (χ0v) is 26.0. The van der Waals surface area contributed by atoms with Crippen molar-refractivity contribution < 1.29 is 42.2 Å². The maximum absolute atomic E-state index is 13.5. The van der Waals surface area contributed by atoms with Gasteiger partial charge in [-0.25, -0.2) is 14.4 Å². The number of nitrogens with one attached hydrogen (secondary N) is 1. The number of nitrogens with zero attached hydrogens (tertiary/aromatic N) is 1. The predicted octanol–water partition coefficient (Wildman–Crippen LogP) is 5.17. The number of urea groups is 1. The fourth-order valence-electron chi connectivity index (χ4n) is 3.93. The fourth-order valence-corrected chi connectivity index (χ4v) is 5.62. The van der Waals surface area contributed by atoms with Crippen LogP contribution in [0.25, 0.3) is 0 Å². The van der Waals surface area contributed by atoms with Crippen molar-refractivity contribution >= 4 is 25.6 Å². The molecule has 0 spiro atoms. The van der Waals surface area contributed by atoms with Gasteiger partial charge in [0.1, 0.15) is 24.7 Å². The molecule has 1 N–H and O–H groups in total. The first-order chi connectivity index (χ1) is 20.1. The van der Waals surface area contributed by atoms with Crippen molar-refractivity contribution in [3.05, 3.63) is 65.7 Å². The molecule has 0 unspecified atom stereocenters. The Bertz CT molecular complexity index is 1150. The van der Waals surface area contributed by atoms with Gasteiger partial charge in [0.2, 0.25) is 0 Å². The highest BCUT2D eigenvalue weighted by molar-refractivity contribution is 7.53. The zero-order chi connectivity index (χ0) is 31.0. The molecule has 12 heteroatoms. The molecule has 0 aliphatic heterocycles. The average Bonchev–Trinajstić information content (AvgIpc) is 2.95. The summed E-state index contributed by atoms with van der Waals surface area (Å²) < 4.78 is 39.9. The lowest BCUT2D eigenvalue weighted by Gasteiger charge is -2.30. The van der Waals surface area contributed by atoms with Crippen LogP contribution in [0.3, 0.4) is 0 Å². The molecule has 1 atom stereocenters. The van der Waals surface area contributed by atoms with Crippen molar-refractivity contribution in [2.75, 3.05) is 39.3 Å². The van der Waals surface area contributed by atoms with Gasteiger partial charge >= 0.3 is 25.6 Å². The number of esters is 2. The van der Waals surface area contributed by atoms with Crippen molar-refractivity contribution in [1.29, 1.82) is 0 Å². The second kappa shape index (κ2) is 18.2. The van der Waals surface area contributed by atoms with Gasteiger partial charge in [0.05, 0.1) is 19.8 Å². The Morgan fingerprint density at radius 2 is 1.50 bits per heavy atom. The molecule has 2 aromatic carbocycles. The minimum Gasteiger partial charge on any atom is -0.482 e. The summed E-state index contributed by atoms with van der Waals surface area (Å²) in [6.45, 7) is 9.59. The van der Waals surface area contributed by atoms with Gasteiger partial charge in [0.25, 0.3) is 0 Å². The van der Waals surface area contributed by atoms with E-state index >= 15 is 0 Å². The van der Waals surface area contributed by atoms with Crippen molar-refractivity contribution in [3.8, 4) is 5.75 Å². The Labute approximate surface area is 248 Å². The summed E-state index contributed by atoms with van der Waals surface area (Å²) in [5, 5.41) is 2.77. The molecule has 232 valence electrons. The second-order valence-electron chi connectivity index (χ2n) is 9.74. The van der Waals surface area contributed by atoms with Crippen LogP contribution in [0.1, 0.15) is 45.7 Å². The highest BCUT2D eigenvalue weighted by Gasteiger charge is 2.32. The van der Waals surface area contributed by atoms with E-state index in [9.17, 15) is 18.9 Å². The third-order valence-electron chi connectivity index (χ3n) is 5.70.